The smallest absolute Gasteiger partial charge is 0.0543 e. The van der Waals surface area contributed by atoms with E-state index in [-0.39, 0.29) is 5.41 Å². The van der Waals surface area contributed by atoms with Gasteiger partial charge in [0.05, 0.1) is 12.7 Å². The van der Waals surface area contributed by atoms with Crippen molar-refractivity contribution >= 4 is 0 Å². The Balaban J connectivity index is 2.40. The Bertz CT molecular complexity index is 165. The Morgan fingerprint density at radius 2 is 1.92 bits per heavy atom. The van der Waals surface area contributed by atoms with Gasteiger partial charge in [0.15, 0.2) is 0 Å². The highest BCUT2D eigenvalue weighted by Gasteiger charge is 2.60. The summed E-state index contributed by atoms with van der Waals surface area (Å²) in [5, 5.41) is 0. The third kappa shape index (κ3) is 1.64. The molecule has 0 saturated heterocycles. The van der Waals surface area contributed by atoms with E-state index in [0.29, 0.717) is 11.5 Å². The molecule has 12 heavy (non-hydrogen) atoms. The van der Waals surface area contributed by atoms with Gasteiger partial charge in [-0.15, -0.1) is 0 Å². The second-order valence-electron chi connectivity index (χ2n) is 4.90. The van der Waals surface area contributed by atoms with Crippen molar-refractivity contribution < 1.29 is 4.74 Å². The number of rotatable bonds is 4. The highest BCUT2D eigenvalue weighted by atomic mass is 16.5. The van der Waals surface area contributed by atoms with Crippen molar-refractivity contribution in [2.75, 3.05) is 13.2 Å². The van der Waals surface area contributed by atoms with Gasteiger partial charge in [-0.3, -0.25) is 0 Å². The predicted molar refractivity (Wildman–Crippen MR) is 51.0 cm³/mol. The molecule has 1 aliphatic carbocycles. The van der Waals surface area contributed by atoms with Crippen LogP contribution in [-0.2, 0) is 4.74 Å². The summed E-state index contributed by atoms with van der Waals surface area (Å²) in [6, 6.07) is 0. The predicted octanol–water partition coefficient (Wildman–Crippen LogP) is 1.79. The van der Waals surface area contributed by atoms with Gasteiger partial charge < -0.3 is 10.5 Å². The Morgan fingerprint density at radius 3 is 2.17 bits per heavy atom. The normalized spacial score (nSPS) is 32.5. The van der Waals surface area contributed by atoms with E-state index in [0.717, 1.165) is 13.2 Å². The van der Waals surface area contributed by atoms with Crippen LogP contribution in [0.1, 0.15) is 34.1 Å². The molecular formula is C10H21NO. The molecule has 1 rings (SSSR count). The lowest BCUT2D eigenvalue weighted by Crippen LogP contribution is -2.27. The molecule has 0 aromatic rings. The van der Waals surface area contributed by atoms with Crippen molar-refractivity contribution in [3.05, 3.63) is 0 Å². The topological polar surface area (TPSA) is 35.2 Å². The first-order chi connectivity index (χ1) is 5.43. The standard InChI is InChI=1S/C10H21NO/c1-8(2)12-7-10(6-11)5-9(10,3)4/h8H,5-7,11H2,1-4H3. The van der Waals surface area contributed by atoms with Crippen LogP contribution in [0, 0.1) is 10.8 Å². The van der Waals surface area contributed by atoms with Crippen molar-refractivity contribution in [3.8, 4) is 0 Å². The minimum atomic E-state index is 0.275. The molecule has 0 spiro atoms. The molecule has 0 aliphatic heterocycles. The molecule has 0 aromatic heterocycles. The second kappa shape index (κ2) is 3.00. The summed E-state index contributed by atoms with van der Waals surface area (Å²) >= 11 is 0. The first-order valence-corrected chi connectivity index (χ1v) is 4.75. The largest absolute Gasteiger partial charge is 0.378 e. The number of nitrogens with two attached hydrogens (primary N) is 1. The fourth-order valence-corrected chi connectivity index (χ4v) is 1.78. The SMILES string of the molecule is CC(C)OCC1(CN)CC1(C)C. The van der Waals surface area contributed by atoms with Gasteiger partial charge in [-0.05, 0) is 25.7 Å². The number of hydrogen-bond donors (Lipinski definition) is 1. The number of hydrogen-bond acceptors (Lipinski definition) is 2. The third-order valence-corrected chi connectivity index (χ3v) is 3.17. The fourth-order valence-electron chi connectivity index (χ4n) is 1.78. The van der Waals surface area contributed by atoms with Gasteiger partial charge in [0, 0.05) is 12.0 Å². The molecule has 2 heteroatoms. The zero-order valence-electron chi connectivity index (χ0n) is 8.68. The molecular weight excluding hydrogens is 150 g/mol. The summed E-state index contributed by atoms with van der Waals surface area (Å²) in [7, 11) is 0. The van der Waals surface area contributed by atoms with E-state index >= 15 is 0 Å². The summed E-state index contributed by atoms with van der Waals surface area (Å²) in [5.74, 6) is 0. The lowest BCUT2D eigenvalue weighted by molar-refractivity contribution is 0.0353. The lowest BCUT2D eigenvalue weighted by atomic mass is 9.97. The lowest BCUT2D eigenvalue weighted by Gasteiger charge is -2.19. The Morgan fingerprint density at radius 1 is 1.42 bits per heavy atom. The van der Waals surface area contributed by atoms with E-state index in [1.54, 1.807) is 0 Å². The van der Waals surface area contributed by atoms with Crippen LogP contribution < -0.4 is 5.73 Å². The van der Waals surface area contributed by atoms with E-state index in [2.05, 4.69) is 27.7 Å². The fraction of sp³-hybridized carbons (Fsp3) is 1.00. The van der Waals surface area contributed by atoms with Crippen LogP contribution in [0.4, 0.5) is 0 Å². The van der Waals surface area contributed by atoms with Crippen LogP contribution in [-0.4, -0.2) is 19.3 Å². The molecule has 0 heterocycles. The molecule has 1 atom stereocenters. The molecule has 72 valence electrons. The van der Waals surface area contributed by atoms with Crippen LogP contribution in [0.2, 0.25) is 0 Å². The third-order valence-electron chi connectivity index (χ3n) is 3.17. The van der Waals surface area contributed by atoms with Gasteiger partial charge in [0.2, 0.25) is 0 Å². The summed E-state index contributed by atoms with van der Waals surface area (Å²) in [5.41, 5.74) is 6.43. The van der Waals surface area contributed by atoms with E-state index < -0.39 is 0 Å². The molecule has 0 aromatic carbocycles. The van der Waals surface area contributed by atoms with Crippen LogP contribution in [0.5, 0.6) is 0 Å². The molecule has 1 fully saturated rings. The first kappa shape index (κ1) is 10.0. The maximum Gasteiger partial charge on any atom is 0.0543 e. The van der Waals surface area contributed by atoms with Gasteiger partial charge in [0.25, 0.3) is 0 Å². The zero-order chi connectivity index (χ0) is 9.41. The van der Waals surface area contributed by atoms with Crippen LogP contribution in [0.15, 0.2) is 0 Å². The van der Waals surface area contributed by atoms with Crippen LogP contribution in [0.25, 0.3) is 0 Å². The minimum absolute atomic E-state index is 0.275. The average Bonchev–Trinajstić information content (AvgIpc) is 2.51. The monoisotopic (exact) mass is 171 g/mol. The highest BCUT2D eigenvalue weighted by molar-refractivity contribution is 5.10. The Hall–Kier alpha value is -0.0800. The van der Waals surface area contributed by atoms with Gasteiger partial charge in [-0.1, -0.05) is 13.8 Å². The maximum absolute atomic E-state index is 5.75. The molecule has 2 N–H and O–H groups in total. The zero-order valence-corrected chi connectivity index (χ0v) is 8.68. The summed E-state index contributed by atoms with van der Waals surface area (Å²) in [4.78, 5) is 0. The minimum Gasteiger partial charge on any atom is -0.378 e. The quantitative estimate of drug-likeness (QED) is 0.700. The molecule has 1 unspecified atom stereocenters. The highest BCUT2D eigenvalue weighted by Crippen LogP contribution is 2.62. The summed E-state index contributed by atoms with van der Waals surface area (Å²) in [6.45, 7) is 10.3. The molecule has 2 nitrogen and oxygen atoms in total. The Kier molecular flexibility index (Phi) is 2.50. The van der Waals surface area contributed by atoms with Crippen molar-refractivity contribution in [2.45, 2.75) is 40.2 Å². The van der Waals surface area contributed by atoms with E-state index in [1.807, 2.05) is 0 Å². The maximum atomic E-state index is 5.75. The van der Waals surface area contributed by atoms with E-state index in [9.17, 15) is 0 Å². The van der Waals surface area contributed by atoms with Gasteiger partial charge in [0.1, 0.15) is 0 Å². The number of ether oxygens (including phenoxy) is 1. The summed E-state index contributed by atoms with van der Waals surface area (Å²) < 4.78 is 5.62. The summed E-state index contributed by atoms with van der Waals surface area (Å²) in [6.07, 6.45) is 1.54. The van der Waals surface area contributed by atoms with Gasteiger partial charge in [-0.25, -0.2) is 0 Å². The molecule has 0 radical (unpaired) electrons. The van der Waals surface area contributed by atoms with E-state index in [1.165, 1.54) is 6.42 Å². The molecule has 0 amide bonds. The van der Waals surface area contributed by atoms with E-state index in [4.69, 9.17) is 10.5 Å². The van der Waals surface area contributed by atoms with Gasteiger partial charge in [-0.2, -0.15) is 0 Å². The Labute approximate surface area is 75.5 Å². The molecule has 0 bridgehead atoms. The molecule has 1 saturated carbocycles. The van der Waals surface area contributed by atoms with Crippen molar-refractivity contribution in [1.29, 1.82) is 0 Å². The van der Waals surface area contributed by atoms with Crippen LogP contribution in [0.3, 0.4) is 0 Å². The van der Waals surface area contributed by atoms with Crippen molar-refractivity contribution in [2.24, 2.45) is 16.6 Å². The first-order valence-electron chi connectivity index (χ1n) is 4.75. The van der Waals surface area contributed by atoms with Crippen LogP contribution >= 0.6 is 0 Å². The van der Waals surface area contributed by atoms with Crippen molar-refractivity contribution in [3.63, 3.8) is 0 Å². The van der Waals surface area contributed by atoms with Gasteiger partial charge >= 0.3 is 0 Å². The second-order valence-corrected chi connectivity index (χ2v) is 4.90. The molecule has 1 aliphatic rings. The van der Waals surface area contributed by atoms with Crippen molar-refractivity contribution in [1.82, 2.24) is 0 Å². The average molecular weight is 171 g/mol.